The first-order chi connectivity index (χ1) is 12.7. The summed E-state index contributed by atoms with van der Waals surface area (Å²) in [5.74, 6) is 1.86. The number of rotatable bonds is 6. The smallest absolute Gasteiger partial charge is 0.193 e. The summed E-state index contributed by atoms with van der Waals surface area (Å²) in [6.07, 6.45) is 6.56. The fraction of sp³-hybridized carbons (Fsp3) is 0.524. The van der Waals surface area contributed by atoms with Crippen molar-refractivity contribution in [2.75, 3.05) is 26.2 Å². The minimum atomic E-state index is 0. The van der Waals surface area contributed by atoms with E-state index in [9.17, 15) is 0 Å². The van der Waals surface area contributed by atoms with E-state index in [1.165, 1.54) is 34.7 Å². The van der Waals surface area contributed by atoms with Gasteiger partial charge in [-0.1, -0.05) is 30.3 Å². The van der Waals surface area contributed by atoms with Crippen molar-refractivity contribution in [1.29, 1.82) is 0 Å². The Morgan fingerprint density at radius 1 is 1.26 bits per heavy atom. The molecule has 0 unspecified atom stereocenters. The molecule has 1 aromatic carbocycles. The summed E-state index contributed by atoms with van der Waals surface area (Å²) < 4.78 is 0. The molecule has 4 nitrogen and oxygen atoms in total. The highest BCUT2D eigenvalue weighted by molar-refractivity contribution is 14.0. The maximum absolute atomic E-state index is 4.85. The summed E-state index contributed by atoms with van der Waals surface area (Å²) in [6, 6.07) is 10.9. The van der Waals surface area contributed by atoms with Crippen molar-refractivity contribution in [3.05, 3.63) is 52.0 Å². The molecule has 0 spiro atoms. The van der Waals surface area contributed by atoms with Gasteiger partial charge in [-0.2, -0.15) is 0 Å². The first-order valence-corrected chi connectivity index (χ1v) is 10.5. The summed E-state index contributed by atoms with van der Waals surface area (Å²) in [7, 11) is 0. The van der Waals surface area contributed by atoms with Gasteiger partial charge >= 0.3 is 0 Å². The van der Waals surface area contributed by atoms with Crippen molar-refractivity contribution in [2.45, 2.75) is 39.5 Å². The lowest BCUT2D eigenvalue weighted by Crippen LogP contribution is -2.46. The lowest BCUT2D eigenvalue weighted by atomic mass is 9.90. The van der Waals surface area contributed by atoms with Gasteiger partial charge in [0.05, 0.1) is 5.01 Å². The van der Waals surface area contributed by atoms with Crippen molar-refractivity contribution in [1.82, 2.24) is 15.2 Å². The molecule has 148 valence electrons. The molecule has 6 heteroatoms. The van der Waals surface area contributed by atoms with E-state index in [4.69, 9.17) is 4.99 Å². The lowest BCUT2D eigenvalue weighted by molar-refractivity contribution is 0.259. The van der Waals surface area contributed by atoms with Crippen LogP contribution < -0.4 is 5.32 Å². The Hall–Kier alpha value is -1.15. The molecule has 1 saturated heterocycles. The molecule has 1 aromatic heterocycles. The zero-order valence-electron chi connectivity index (χ0n) is 16.4. The molecule has 0 bridgehead atoms. The monoisotopic (exact) mass is 498 g/mol. The third-order valence-corrected chi connectivity index (χ3v) is 5.85. The van der Waals surface area contributed by atoms with E-state index in [1.54, 1.807) is 11.3 Å². The van der Waals surface area contributed by atoms with Crippen molar-refractivity contribution in [3.8, 4) is 0 Å². The van der Waals surface area contributed by atoms with E-state index in [0.717, 1.165) is 44.5 Å². The van der Waals surface area contributed by atoms with Crippen LogP contribution in [0.25, 0.3) is 0 Å². The number of hydrogen-bond donors (Lipinski definition) is 1. The Labute approximate surface area is 184 Å². The average Bonchev–Trinajstić information content (AvgIpc) is 3.08. The van der Waals surface area contributed by atoms with Crippen LogP contribution in [-0.4, -0.2) is 42.0 Å². The first-order valence-electron chi connectivity index (χ1n) is 9.73. The number of thiazole rings is 1. The molecule has 1 N–H and O–H groups in total. The van der Waals surface area contributed by atoms with E-state index >= 15 is 0 Å². The number of nitrogens with one attached hydrogen (secondary N) is 1. The number of aryl methyl sites for hydroxylation is 1. The van der Waals surface area contributed by atoms with Crippen LogP contribution in [0, 0.1) is 12.8 Å². The van der Waals surface area contributed by atoms with E-state index in [2.05, 4.69) is 59.4 Å². The van der Waals surface area contributed by atoms with Crippen LogP contribution in [0.15, 0.2) is 41.5 Å². The Morgan fingerprint density at radius 3 is 2.63 bits per heavy atom. The van der Waals surface area contributed by atoms with Crippen LogP contribution in [0.5, 0.6) is 0 Å². The molecule has 1 aliphatic heterocycles. The molecular formula is C21H31IN4S. The molecule has 0 aliphatic carbocycles. The minimum absolute atomic E-state index is 0. The van der Waals surface area contributed by atoms with Crippen LogP contribution in [-0.2, 0) is 12.8 Å². The van der Waals surface area contributed by atoms with E-state index < -0.39 is 0 Å². The van der Waals surface area contributed by atoms with Gasteiger partial charge in [0.15, 0.2) is 5.96 Å². The summed E-state index contributed by atoms with van der Waals surface area (Å²) in [6.45, 7) is 8.16. The number of likely N-dealkylation sites (tertiary alicyclic amines) is 1. The number of nitrogens with zero attached hydrogens (tertiary/aromatic N) is 3. The summed E-state index contributed by atoms with van der Waals surface area (Å²) >= 11 is 1.78. The van der Waals surface area contributed by atoms with Gasteiger partial charge in [0.2, 0.25) is 0 Å². The van der Waals surface area contributed by atoms with Crippen molar-refractivity contribution >= 4 is 41.3 Å². The molecule has 0 saturated carbocycles. The lowest BCUT2D eigenvalue weighted by Gasteiger charge is -2.34. The fourth-order valence-corrected chi connectivity index (χ4v) is 4.27. The molecule has 1 fully saturated rings. The molecule has 27 heavy (non-hydrogen) atoms. The highest BCUT2D eigenvalue weighted by atomic mass is 127. The third-order valence-electron chi connectivity index (χ3n) is 4.87. The van der Waals surface area contributed by atoms with Gasteiger partial charge in [0, 0.05) is 43.7 Å². The molecule has 1 aliphatic rings. The quantitative estimate of drug-likeness (QED) is 0.362. The number of aromatic nitrogens is 1. The maximum atomic E-state index is 4.85. The topological polar surface area (TPSA) is 40.5 Å². The maximum Gasteiger partial charge on any atom is 0.193 e. The number of halogens is 1. The standard InChI is InChI=1S/C21H30N4S.HI/c1-3-22-21(23-12-9-20-24-16-17(2)26-20)25-13-10-19(11-14-25)15-18-7-5-4-6-8-18;/h4-8,16,19H,3,9-15H2,1-2H3,(H,22,23);1H. The molecule has 2 heterocycles. The average molecular weight is 498 g/mol. The van der Waals surface area contributed by atoms with Gasteiger partial charge < -0.3 is 10.2 Å². The third kappa shape index (κ3) is 7.07. The van der Waals surface area contributed by atoms with Gasteiger partial charge in [-0.3, -0.25) is 4.99 Å². The fourth-order valence-electron chi connectivity index (χ4n) is 3.50. The minimum Gasteiger partial charge on any atom is -0.357 e. The zero-order chi connectivity index (χ0) is 18.2. The summed E-state index contributed by atoms with van der Waals surface area (Å²) in [5.41, 5.74) is 1.46. The van der Waals surface area contributed by atoms with Crippen LogP contribution in [0.4, 0.5) is 0 Å². The predicted octanol–water partition coefficient (Wildman–Crippen LogP) is 4.53. The van der Waals surface area contributed by atoms with Gasteiger partial charge in [-0.25, -0.2) is 4.98 Å². The number of aliphatic imine (C=N–C) groups is 1. The van der Waals surface area contributed by atoms with Crippen molar-refractivity contribution < 1.29 is 0 Å². The Morgan fingerprint density at radius 2 is 2.00 bits per heavy atom. The molecular weight excluding hydrogens is 467 g/mol. The Bertz CT molecular complexity index is 693. The molecule has 0 amide bonds. The normalized spacial score (nSPS) is 15.5. The Balaban J connectivity index is 0.00000261. The van der Waals surface area contributed by atoms with E-state index in [-0.39, 0.29) is 24.0 Å². The van der Waals surface area contributed by atoms with Crippen LogP contribution in [0.2, 0.25) is 0 Å². The largest absolute Gasteiger partial charge is 0.357 e. The van der Waals surface area contributed by atoms with Gasteiger partial charge in [0.25, 0.3) is 0 Å². The van der Waals surface area contributed by atoms with Crippen molar-refractivity contribution in [2.24, 2.45) is 10.9 Å². The van der Waals surface area contributed by atoms with Crippen LogP contribution in [0.1, 0.15) is 35.2 Å². The van der Waals surface area contributed by atoms with E-state index in [0.29, 0.717) is 0 Å². The van der Waals surface area contributed by atoms with Gasteiger partial charge in [-0.15, -0.1) is 35.3 Å². The van der Waals surface area contributed by atoms with Crippen molar-refractivity contribution in [3.63, 3.8) is 0 Å². The first kappa shape index (κ1) is 22.1. The molecule has 2 aromatic rings. The second-order valence-corrected chi connectivity index (χ2v) is 8.29. The van der Waals surface area contributed by atoms with Gasteiger partial charge in [-0.05, 0) is 44.6 Å². The number of benzene rings is 1. The summed E-state index contributed by atoms with van der Waals surface area (Å²) in [4.78, 5) is 13.0. The Kier molecular flexibility index (Phi) is 9.54. The molecule has 0 radical (unpaired) electrons. The summed E-state index contributed by atoms with van der Waals surface area (Å²) in [5, 5.41) is 4.65. The van der Waals surface area contributed by atoms with Crippen LogP contribution in [0.3, 0.4) is 0 Å². The van der Waals surface area contributed by atoms with Crippen LogP contribution >= 0.6 is 35.3 Å². The highest BCUT2D eigenvalue weighted by Gasteiger charge is 2.21. The molecule has 3 rings (SSSR count). The highest BCUT2D eigenvalue weighted by Crippen LogP contribution is 2.21. The number of hydrogen-bond acceptors (Lipinski definition) is 3. The van der Waals surface area contributed by atoms with E-state index in [1.807, 2.05) is 6.20 Å². The number of piperidine rings is 1. The van der Waals surface area contributed by atoms with Gasteiger partial charge in [0.1, 0.15) is 0 Å². The molecule has 0 atom stereocenters. The number of guanidine groups is 1. The second-order valence-electron chi connectivity index (χ2n) is 6.97. The second kappa shape index (κ2) is 11.6. The predicted molar refractivity (Wildman–Crippen MR) is 126 cm³/mol. The SMILES string of the molecule is CCNC(=NCCc1ncc(C)s1)N1CCC(Cc2ccccc2)CC1.I. The zero-order valence-corrected chi connectivity index (χ0v) is 19.5.